The molecule has 0 saturated heterocycles. The molecule has 0 rings (SSSR count). The molecular weight excluding hydrogens is 918 g/mol. The summed E-state index contributed by atoms with van der Waals surface area (Å²) in [6.45, 7) is 3.73. The van der Waals surface area contributed by atoms with Crippen LogP contribution in [0.4, 0.5) is 0 Å². The van der Waals surface area contributed by atoms with Crippen LogP contribution < -0.4 is 5.73 Å². The highest BCUT2D eigenvalue weighted by Gasteiger charge is 2.26. The molecule has 2 atom stereocenters. The zero-order valence-electron chi connectivity index (χ0n) is 47.2. The van der Waals surface area contributed by atoms with E-state index in [4.69, 9.17) is 24.3 Å². The summed E-state index contributed by atoms with van der Waals surface area (Å²) in [5.41, 5.74) is 5.38. The monoisotopic (exact) mass is 1030 g/mol. The molecular formula is C62H116NO8P. The Bertz CT molecular complexity index is 1320. The van der Waals surface area contributed by atoms with E-state index >= 15 is 0 Å². The maximum absolute atomic E-state index is 12.7. The van der Waals surface area contributed by atoms with Gasteiger partial charge in [-0.15, -0.1) is 0 Å². The fourth-order valence-corrected chi connectivity index (χ4v) is 9.64. The van der Waals surface area contributed by atoms with Gasteiger partial charge < -0.3 is 20.1 Å². The summed E-state index contributed by atoms with van der Waals surface area (Å²) < 4.78 is 33.0. The van der Waals surface area contributed by atoms with Gasteiger partial charge in [0.15, 0.2) is 6.10 Å². The van der Waals surface area contributed by atoms with Crippen molar-refractivity contribution in [3.05, 3.63) is 48.6 Å². The SMILES string of the molecule is CCCCCC/C=C\C/C=C\CCCCCCCC(=O)OCC(COP(=O)(O)OCCN)OC(=O)CCCCCCCCCCCCCCCCCCCCCCCCC/C=C\C/C=C\CCCCCCC. The number of hydrogen-bond acceptors (Lipinski definition) is 8. The van der Waals surface area contributed by atoms with Crippen LogP contribution in [0.3, 0.4) is 0 Å². The van der Waals surface area contributed by atoms with Crippen molar-refractivity contribution in [3.8, 4) is 0 Å². The first-order valence-electron chi connectivity index (χ1n) is 30.6. The molecule has 0 aliphatic heterocycles. The van der Waals surface area contributed by atoms with E-state index in [9.17, 15) is 19.0 Å². The van der Waals surface area contributed by atoms with Gasteiger partial charge in [0.05, 0.1) is 13.2 Å². The van der Waals surface area contributed by atoms with Gasteiger partial charge in [0.1, 0.15) is 6.61 Å². The first-order chi connectivity index (χ1) is 35.3. The van der Waals surface area contributed by atoms with Crippen molar-refractivity contribution in [3.63, 3.8) is 0 Å². The van der Waals surface area contributed by atoms with E-state index in [-0.39, 0.29) is 32.6 Å². The van der Waals surface area contributed by atoms with E-state index in [0.717, 1.165) is 64.2 Å². The van der Waals surface area contributed by atoms with Gasteiger partial charge in [-0.25, -0.2) is 4.57 Å². The molecule has 0 bridgehead atoms. The van der Waals surface area contributed by atoms with E-state index in [1.807, 2.05) is 0 Å². The minimum absolute atomic E-state index is 0.0520. The number of unbranched alkanes of at least 4 members (excludes halogenated alkanes) is 37. The lowest BCUT2D eigenvalue weighted by Crippen LogP contribution is -2.29. The van der Waals surface area contributed by atoms with Crippen molar-refractivity contribution in [2.75, 3.05) is 26.4 Å². The standard InChI is InChI=1S/C62H116NO8P/c1-3-5-7-9-11-13-15-17-19-21-22-23-24-25-26-27-28-29-30-31-32-33-34-35-36-37-38-39-41-43-45-47-49-51-53-55-62(65)71-60(59-70-72(66,67)69-57-56-63)58-68-61(64)54-52-50-48-46-44-42-40-20-18-16-14-12-10-8-6-4-2/h14-17,20-22,40,60H,3-13,18-19,23-39,41-59,63H2,1-2H3,(H,66,67)/b16-14-,17-15-,22-21-,40-20-. The van der Waals surface area contributed by atoms with Crippen molar-refractivity contribution < 1.29 is 37.6 Å². The lowest BCUT2D eigenvalue weighted by molar-refractivity contribution is -0.161. The zero-order chi connectivity index (χ0) is 52.4. The van der Waals surface area contributed by atoms with Gasteiger partial charge >= 0.3 is 19.8 Å². The second-order valence-corrected chi connectivity index (χ2v) is 22.0. The number of carbonyl (C=O) groups excluding carboxylic acids is 2. The normalized spacial score (nSPS) is 13.3. The fourth-order valence-electron chi connectivity index (χ4n) is 8.88. The first kappa shape index (κ1) is 70.0. The highest BCUT2D eigenvalue weighted by atomic mass is 31.2. The molecule has 2 unspecified atom stereocenters. The molecule has 0 fully saturated rings. The van der Waals surface area contributed by atoms with Crippen LogP contribution in [-0.4, -0.2) is 49.3 Å². The summed E-state index contributed by atoms with van der Waals surface area (Å²) in [6, 6.07) is 0. The molecule has 0 amide bonds. The Hall–Kier alpha value is -2.03. The summed E-state index contributed by atoms with van der Waals surface area (Å²) >= 11 is 0. The van der Waals surface area contributed by atoms with Crippen LogP contribution in [0, 0.1) is 0 Å². The number of allylic oxidation sites excluding steroid dienone is 8. The van der Waals surface area contributed by atoms with Gasteiger partial charge in [-0.2, -0.15) is 0 Å². The van der Waals surface area contributed by atoms with Crippen molar-refractivity contribution >= 4 is 19.8 Å². The molecule has 10 heteroatoms. The summed E-state index contributed by atoms with van der Waals surface area (Å²) in [4.78, 5) is 35.1. The summed E-state index contributed by atoms with van der Waals surface area (Å²) in [5, 5.41) is 0. The third-order valence-electron chi connectivity index (χ3n) is 13.4. The minimum atomic E-state index is -4.39. The quantitative estimate of drug-likeness (QED) is 0.0264. The van der Waals surface area contributed by atoms with Crippen LogP contribution in [0.1, 0.15) is 303 Å². The Labute approximate surface area is 445 Å². The topological polar surface area (TPSA) is 134 Å². The fraction of sp³-hybridized carbons (Fsp3) is 0.839. The summed E-state index contributed by atoms with van der Waals surface area (Å²) in [6.07, 6.45) is 71.9. The number of phosphoric acid groups is 1. The highest BCUT2D eigenvalue weighted by Crippen LogP contribution is 2.43. The van der Waals surface area contributed by atoms with E-state index in [0.29, 0.717) is 6.42 Å². The summed E-state index contributed by atoms with van der Waals surface area (Å²) in [5.74, 6) is -0.832. The number of rotatable bonds is 58. The van der Waals surface area contributed by atoms with Gasteiger partial charge in [-0.3, -0.25) is 18.6 Å². The molecule has 0 aromatic carbocycles. The molecule has 72 heavy (non-hydrogen) atoms. The number of ether oxygens (including phenoxy) is 2. The van der Waals surface area contributed by atoms with Crippen LogP contribution >= 0.6 is 7.82 Å². The van der Waals surface area contributed by atoms with Crippen molar-refractivity contribution in [2.24, 2.45) is 5.73 Å². The highest BCUT2D eigenvalue weighted by molar-refractivity contribution is 7.47. The third-order valence-corrected chi connectivity index (χ3v) is 14.4. The number of hydrogen-bond donors (Lipinski definition) is 2. The van der Waals surface area contributed by atoms with Crippen LogP contribution in [0.15, 0.2) is 48.6 Å². The Morgan fingerprint density at radius 3 is 1.07 bits per heavy atom. The third kappa shape index (κ3) is 57.3. The predicted molar refractivity (Wildman–Crippen MR) is 307 cm³/mol. The second-order valence-electron chi connectivity index (χ2n) is 20.6. The molecule has 0 spiro atoms. The first-order valence-corrected chi connectivity index (χ1v) is 32.1. The molecule has 0 radical (unpaired) electrons. The van der Waals surface area contributed by atoms with Gasteiger partial charge in [-0.1, -0.05) is 262 Å². The molecule has 3 N–H and O–H groups in total. The lowest BCUT2D eigenvalue weighted by Gasteiger charge is -2.19. The molecule has 0 aliphatic carbocycles. The van der Waals surface area contributed by atoms with E-state index in [2.05, 4.69) is 62.5 Å². The Kier molecular flexibility index (Phi) is 56.6. The van der Waals surface area contributed by atoms with Crippen LogP contribution in [0.5, 0.6) is 0 Å². The van der Waals surface area contributed by atoms with E-state index < -0.39 is 32.5 Å². The Morgan fingerprint density at radius 1 is 0.417 bits per heavy atom. The number of esters is 2. The number of nitrogens with two attached hydrogens (primary N) is 1. The van der Waals surface area contributed by atoms with Gasteiger partial charge in [0, 0.05) is 19.4 Å². The molecule has 9 nitrogen and oxygen atoms in total. The number of carbonyl (C=O) groups is 2. The lowest BCUT2D eigenvalue weighted by atomic mass is 10.0. The average Bonchev–Trinajstić information content (AvgIpc) is 3.37. The van der Waals surface area contributed by atoms with Gasteiger partial charge in [0.2, 0.25) is 0 Å². The Morgan fingerprint density at radius 2 is 0.722 bits per heavy atom. The van der Waals surface area contributed by atoms with Crippen LogP contribution in [0.2, 0.25) is 0 Å². The Balaban J connectivity index is 3.83. The van der Waals surface area contributed by atoms with Crippen molar-refractivity contribution in [2.45, 2.75) is 309 Å². The molecule has 0 saturated carbocycles. The largest absolute Gasteiger partial charge is 0.472 e. The average molecular weight is 1030 g/mol. The smallest absolute Gasteiger partial charge is 0.462 e. The molecule has 0 aliphatic rings. The van der Waals surface area contributed by atoms with Crippen molar-refractivity contribution in [1.29, 1.82) is 0 Å². The molecule has 0 aromatic heterocycles. The minimum Gasteiger partial charge on any atom is -0.462 e. The van der Waals surface area contributed by atoms with Crippen LogP contribution in [-0.2, 0) is 32.7 Å². The van der Waals surface area contributed by atoms with Gasteiger partial charge in [-0.05, 0) is 77.0 Å². The maximum atomic E-state index is 12.7. The van der Waals surface area contributed by atoms with Crippen LogP contribution in [0.25, 0.3) is 0 Å². The molecule has 0 heterocycles. The molecule has 0 aromatic rings. The molecule has 422 valence electrons. The summed E-state index contributed by atoms with van der Waals surface area (Å²) in [7, 11) is -4.39. The number of phosphoric ester groups is 1. The zero-order valence-corrected chi connectivity index (χ0v) is 48.1. The van der Waals surface area contributed by atoms with E-state index in [1.54, 1.807) is 0 Å². The second kappa shape index (κ2) is 58.2. The maximum Gasteiger partial charge on any atom is 0.472 e. The van der Waals surface area contributed by atoms with Gasteiger partial charge in [0.25, 0.3) is 0 Å². The van der Waals surface area contributed by atoms with E-state index in [1.165, 1.54) is 205 Å². The van der Waals surface area contributed by atoms with Crippen molar-refractivity contribution in [1.82, 2.24) is 0 Å². The predicted octanol–water partition coefficient (Wildman–Crippen LogP) is 19.4.